The van der Waals surface area contributed by atoms with Gasteiger partial charge < -0.3 is 0 Å². The monoisotopic (exact) mass is 310 g/mol. The lowest BCUT2D eigenvalue weighted by Crippen LogP contribution is -1.95. The van der Waals surface area contributed by atoms with Gasteiger partial charge in [0.25, 0.3) is 0 Å². The van der Waals surface area contributed by atoms with Crippen molar-refractivity contribution in [1.82, 2.24) is 0 Å². The summed E-state index contributed by atoms with van der Waals surface area (Å²) < 4.78 is 0. The van der Waals surface area contributed by atoms with Crippen molar-refractivity contribution in [3.05, 3.63) is 101 Å². The Kier molecular flexibility index (Phi) is 3.82. The Morgan fingerprint density at radius 3 is 2.29 bits per heavy atom. The van der Waals surface area contributed by atoms with Gasteiger partial charge in [0, 0.05) is 0 Å². The van der Waals surface area contributed by atoms with Crippen molar-refractivity contribution in [2.24, 2.45) is 0 Å². The second-order valence-corrected chi connectivity index (χ2v) is 6.74. The Bertz CT molecular complexity index is 917. The van der Waals surface area contributed by atoms with Crippen LogP contribution < -0.4 is 0 Å². The first-order valence-corrected chi connectivity index (χ1v) is 8.66. The fraction of sp³-hybridized carbons (Fsp3) is 0.167. The molecule has 0 saturated carbocycles. The molecular weight excluding hydrogens is 288 g/mol. The molecule has 0 heteroatoms. The molecule has 2 aliphatic carbocycles. The molecule has 0 heterocycles. The van der Waals surface area contributed by atoms with E-state index in [0.717, 1.165) is 12.8 Å². The third-order valence-electron chi connectivity index (χ3n) is 4.97. The van der Waals surface area contributed by atoms with E-state index in [1.54, 1.807) is 0 Å². The molecule has 2 aromatic rings. The Hall–Kier alpha value is -2.60. The highest BCUT2D eigenvalue weighted by atomic mass is 14.2. The first-order valence-electron chi connectivity index (χ1n) is 8.66. The maximum Gasteiger partial charge on any atom is -0.00544 e. The molecule has 0 amide bonds. The molecule has 0 saturated heterocycles. The van der Waals surface area contributed by atoms with Crippen LogP contribution in [0.5, 0.6) is 0 Å². The highest BCUT2D eigenvalue weighted by Crippen LogP contribution is 2.41. The molecule has 0 unspecified atom stereocenters. The molecule has 0 nitrogen and oxygen atoms in total. The molecule has 118 valence electrons. The largest absolute Gasteiger partial charge is 0.0798 e. The van der Waals surface area contributed by atoms with Gasteiger partial charge in [-0.05, 0) is 60.1 Å². The van der Waals surface area contributed by atoms with E-state index >= 15 is 0 Å². The van der Waals surface area contributed by atoms with Crippen molar-refractivity contribution in [3.63, 3.8) is 0 Å². The van der Waals surface area contributed by atoms with E-state index in [1.807, 2.05) is 0 Å². The van der Waals surface area contributed by atoms with Crippen LogP contribution in [0.4, 0.5) is 0 Å². The van der Waals surface area contributed by atoms with E-state index in [9.17, 15) is 0 Å². The molecule has 0 bridgehead atoms. The van der Waals surface area contributed by atoms with E-state index < -0.39 is 0 Å². The van der Waals surface area contributed by atoms with Gasteiger partial charge in [0.05, 0.1) is 0 Å². The zero-order valence-corrected chi connectivity index (χ0v) is 14.3. The Morgan fingerprint density at radius 1 is 0.750 bits per heavy atom. The summed E-state index contributed by atoms with van der Waals surface area (Å²) in [5.41, 5.74) is 11.1. The molecule has 2 aromatic carbocycles. The molecule has 0 N–H and O–H groups in total. The topological polar surface area (TPSA) is 0 Å². The number of allylic oxidation sites excluding steroid dienone is 8. The third-order valence-corrected chi connectivity index (χ3v) is 4.97. The molecule has 24 heavy (non-hydrogen) atoms. The van der Waals surface area contributed by atoms with Crippen molar-refractivity contribution in [2.45, 2.75) is 26.7 Å². The highest BCUT2D eigenvalue weighted by Gasteiger charge is 2.21. The van der Waals surface area contributed by atoms with E-state index in [0.29, 0.717) is 0 Å². The van der Waals surface area contributed by atoms with Crippen LogP contribution in [-0.4, -0.2) is 0 Å². The zero-order chi connectivity index (χ0) is 16.5. The predicted octanol–water partition coefficient (Wildman–Crippen LogP) is 6.52. The molecule has 0 aliphatic heterocycles. The summed E-state index contributed by atoms with van der Waals surface area (Å²) in [6.07, 6.45) is 11.1. The molecule has 2 aliphatic rings. The molecule has 0 spiro atoms. The summed E-state index contributed by atoms with van der Waals surface area (Å²) in [4.78, 5) is 0. The maximum absolute atomic E-state index is 2.31. The molecule has 0 atom stereocenters. The summed E-state index contributed by atoms with van der Waals surface area (Å²) >= 11 is 0. The maximum atomic E-state index is 2.31. The van der Waals surface area contributed by atoms with Crippen LogP contribution in [0, 0.1) is 0 Å². The predicted molar refractivity (Wildman–Crippen MR) is 104 cm³/mol. The lowest BCUT2D eigenvalue weighted by Gasteiger charge is -2.16. The Labute approximate surface area is 144 Å². The van der Waals surface area contributed by atoms with Crippen LogP contribution in [0.1, 0.15) is 31.4 Å². The number of rotatable bonds is 1. The molecule has 0 aromatic heterocycles. The zero-order valence-electron chi connectivity index (χ0n) is 14.3. The fourth-order valence-electron chi connectivity index (χ4n) is 3.84. The van der Waals surface area contributed by atoms with E-state index in [4.69, 9.17) is 0 Å². The number of hydrogen-bond donors (Lipinski definition) is 0. The second kappa shape index (κ2) is 6.13. The summed E-state index contributed by atoms with van der Waals surface area (Å²) in [5.74, 6) is 0. The molecular formula is C24H22. The smallest absolute Gasteiger partial charge is 0.00544 e. The summed E-state index contributed by atoms with van der Waals surface area (Å²) in [6.45, 7) is 4.45. The third kappa shape index (κ3) is 2.59. The highest BCUT2D eigenvalue weighted by molar-refractivity contribution is 5.92. The van der Waals surface area contributed by atoms with Gasteiger partial charge in [-0.2, -0.15) is 0 Å². The van der Waals surface area contributed by atoms with Crippen molar-refractivity contribution in [2.75, 3.05) is 0 Å². The van der Waals surface area contributed by atoms with Crippen LogP contribution >= 0.6 is 0 Å². The summed E-state index contributed by atoms with van der Waals surface area (Å²) in [6, 6.07) is 17.7. The number of benzene rings is 2. The summed E-state index contributed by atoms with van der Waals surface area (Å²) in [7, 11) is 0. The van der Waals surface area contributed by atoms with Crippen molar-refractivity contribution in [1.29, 1.82) is 0 Å². The first-order chi connectivity index (χ1) is 11.7. The van der Waals surface area contributed by atoms with E-state index in [-0.39, 0.29) is 0 Å². The van der Waals surface area contributed by atoms with Gasteiger partial charge in [-0.3, -0.25) is 0 Å². The van der Waals surface area contributed by atoms with Gasteiger partial charge in [0.2, 0.25) is 0 Å². The molecule has 0 fully saturated rings. The van der Waals surface area contributed by atoms with Gasteiger partial charge in [0.15, 0.2) is 0 Å². The van der Waals surface area contributed by atoms with Gasteiger partial charge in [-0.15, -0.1) is 0 Å². The molecule has 0 radical (unpaired) electrons. The van der Waals surface area contributed by atoms with Crippen LogP contribution in [0.3, 0.4) is 0 Å². The van der Waals surface area contributed by atoms with Gasteiger partial charge in [0.1, 0.15) is 0 Å². The van der Waals surface area contributed by atoms with Crippen LogP contribution in [0.15, 0.2) is 89.6 Å². The van der Waals surface area contributed by atoms with Crippen LogP contribution in [-0.2, 0) is 6.42 Å². The van der Waals surface area contributed by atoms with Crippen LogP contribution in [0.2, 0.25) is 0 Å². The lowest BCUT2D eigenvalue weighted by molar-refractivity contribution is 1.15. The number of fused-ring (bicyclic) bond motifs is 3. The first kappa shape index (κ1) is 15.0. The fourth-order valence-corrected chi connectivity index (χ4v) is 3.84. The van der Waals surface area contributed by atoms with Crippen molar-refractivity contribution < 1.29 is 0 Å². The average molecular weight is 310 g/mol. The minimum Gasteiger partial charge on any atom is -0.0798 e. The van der Waals surface area contributed by atoms with E-state index in [1.165, 1.54) is 44.5 Å². The van der Waals surface area contributed by atoms with Gasteiger partial charge >= 0.3 is 0 Å². The van der Waals surface area contributed by atoms with Crippen LogP contribution in [0.25, 0.3) is 16.7 Å². The molecule has 4 rings (SSSR count). The minimum absolute atomic E-state index is 0.991. The quantitative estimate of drug-likeness (QED) is 0.562. The van der Waals surface area contributed by atoms with Crippen molar-refractivity contribution in [3.8, 4) is 11.1 Å². The van der Waals surface area contributed by atoms with Gasteiger partial charge in [-0.25, -0.2) is 0 Å². The lowest BCUT2D eigenvalue weighted by atomic mass is 9.88. The minimum atomic E-state index is 0.991. The SMILES string of the molecule is CC1=CC=C(C2=C(C)Cc3ccccc3-c3ccccc32)CC=C1. The standard InChI is InChI=1S/C24H22/c1-17-8-7-10-19(15-14-17)24-18(2)16-20-9-3-4-11-21(20)22-12-5-6-13-23(22)24/h3-9,11-15H,10,16H2,1-2H3. The Morgan fingerprint density at radius 2 is 1.46 bits per heavy atom. The van der Waals surface area contributed by atoms with E-state index in [2.05, 4.69) is 86.7 Å². The van der Waals surface area contributed by atoms with Crippen molar-refractivity contribution >= 4 is 5.57 Å². The van der Waals surface area contributed by atoms with Gasteiger partial charge in [-0.1, -0.05) is 84.0 Å². The average Bonchev–Trinajstić information content (AvgIpc) is 2.87. The Balaban J connectivity index is 1.97. The summed E-state index contributed by atoms with van der Waals surface area (Å²) in [5, 5.41) is 0. The normalized spacial score (nSPS) is 16.6. The second-order valence-electron chi connectivity index (χ2n) is 6.74. The number of hydrogen-bond acceptors (Lipinski definition) is 0.